The van der Waals surface area contributed by atoms with Gasteiger partial charge >= 0.3 is 0 Å². The minimum atomic E-state index is -0.549. The molecular weight excluding hydrogens is 278 g/mol. The molecule has 20 heavy (non-hydrogen) atoms. The topological polar surface area (TPSA) is 0 Å². The quantitative estimate of drug-likeness (QED) is 0.687. The number of rotatable bonds is 5. The van der Waals surface area contributed by atoms with E-state index >= 15 is 0 Å². The van der Waals surface area contributed by atoms with Crippen molar-refractivity contribution in [3.63, 3.8) is 0 Å². The van der Waals surface area contributed by atoms with E-state index in [0.29, 0.717) is 17.9 Å². The van der Waals surface area contributed by atoms with Crippen molar-refractivity contribution in [2.24, 2.45) is 5.92 Å². The first-order chi connectivity index (χ1) is 9.58. The van der Waals surface area contributed by atoms with Crippen LogP contribution in [0.15, 0.2) is 42.5 Å². The molecule has 3 heteroatoms. The number of halogens is 3. The lowest BCUT2D eigenvalue weighted by Gasteiger charge is -2.15. The average Bonchev–Trinajstić information content (AvgIpc) is 2.43. The van der Waals surface area contributed by atoms with E-state index in [9.17, 15) is 8.78 Å². The number of alkyl halides is 1. The van der Waals surface area contributed by atoms with Crippen LogP contribution in [0.25, 0.3) is 0 Å². The lowest BCUT2D eigenvalue weighted by Crippen LogP contribution is -2.11. The van der Waals surface area contributed by atoms with Crippen LogP contribution in [0.5, 0.6) is 0 Å². The Bertz CT molecular complexity index is 564. The molecule has 2 aromatic carbocycles. The molecule has 1 atom stereocenters. The predicted octanol–water partition coefficient (Wildman–Crippen LogP) is 4.91. The van der Waals surface area contributed by atoms with Gasteiger partial charge in [-0.05, 0) is 42.9 Å². The molecule has 0 N–H and O–H groups in total. The minimum absolute atomic E-state index is 0.138. The Morgan fingerprint density at radius 3 is 2.30 bits per heavy atom. The fourth-order valence-electron chi connectivity index (χ4n) is 2.24. The molecule has 2 aromatic rings. The monoisotopic (exact) mass is 294 g/mol. The van der Waals surface area contributed by atoms with Crippen molar-refractivity contribution in [3.8, 4) is 0 Å². The Morgan fingerprint density at radius 1 is 1.00 bits per heavy atom. The number of aryl methyl sites for hydroxylation is 1. The minimum Gasteiger partial charge on any atom is -0.207 e. The van der Waals surface area contributed by atoms with Crippen LogP contribution in [0.3, 0.4) is 0 Å². The van der Waals surface area contributed by atoms with Gasteiger partial charge in [-0.25, -0.2) is 8.78 Å². The lowest BCUT2D eigenvalue weighted by molar-refractivity contribution is 0.534. The van der Waals surface area contributed by atoms with Crippen LogP contribution >= 0.6 is 11.6 Å². The Labute approximate surface area is 123 Å². The van der Waals surface area contributed by atoms with Crippen LogP contribution in [-0.2, 0) is 12.8 Å². The van der Waals surface area contributed by atoms with Crippen LogP contribution in [0.2, 0.25) is 0 Å². The van der Waals surface area contributed by atoms with Gasteiger partial charge in [-0.2, -0.15) is 0 Å². The summed E-state index contributed by atoms with van der Waals surface area (Å²) in [5.74, 6) is -0.458. The van der Waals surface area contributed by atoms with Crippen molar-refractivity contribution in [2.75, 3.05) is 5.88 Å². The highest BCUT2D eigenvalue weighted by atomic mass is 35.5. The summed E-state index contributed by atoms with van der Waals surface area (Å²) in [5, 5.41) is 0. The molecule has 0 spiro atoms. The van der Waals surface area contributed by atoms with Crippen LogP contribution in [0, 0.1) is 24.5 Å². The van der Waals surface area contributed by atoms with Gasteiger partial charge < -0.3 is 0 Å². The van der Waals surface area contributed by atoms with E-state index in [4.69, 9.17) is 11.6 Å². The first-order valence-corrected chi connectivity index (χ1v) is 7.17. The molecule has 0 amide bonds. The summed E-state index contributed by atoms with van der Waals surface area (Å²) in [6.07, 6.45) is 1.31. The Balaban J connectivity index is 2.07. The van der Waals surface area contributed by atoms with Crippen molar-refractivity contribution in [1.29, 1.82) is 0 Å². The number of hydrogen-bond acceptors (Lipinski definition) is 0. The number of hydrogen-bond donors (Lipinski definition) is 0. The zero-order valence-corrected chi connectivity index (χ0v) is 12.1. The first kappa shape index (κ1) is 15.0. The fourth-order valence-corrected chi connectivity index (χ4v) is 2.46. The second-order valence-electron chi connectivity index (χ2n) is 5.15. The molecule has 2 rings (SSSR count). The van der Waals surface area contributed by atoms with Crippen molar-refractivity contribution < 1.29 is 8.78 Å². The van der Waals surface area contributed by atoms with Gasteiger partial charge in [-0.1, -0.05) is 35.9 Å². The maximum Gasteiger partial charge on any atom is 0.129 e. The molecule has 0 radical (unpaired) electrons. The summed E-state index contributed by atoms with van der Waals surface area (Å²) in [4.78, 5) is 0. The van der Waals surface area contributed by atoms with Gasteiger partial charge in [0.2, 0.25) is 0 Å². The van der Waals surface area contributed by atoms with Crippen molar-refractivity contribution in [3.05, 3.63) is 70.8 Å². The molecule has 0 heterocycles. The highest BCUT2D eigenvalue weighted by molar-refractivity contribution is 6.18. The van der Waals surface area contributed by atoms with Gasteiger partial charge in [0.1, 0.15) is 11.6 Å². The molecule has 0 aromatic heterocycles. The molecule has 0 aliphatic heterocycles. The van der Waals surface area contributed by atoms with Crippen molar-refractivity contribution >= 4 is 11.6 Å². The van der Waals surface area contributed by atoms with Gasteiger partial charge in [0, 0.05) is 11.9 Å². The van der Waals surface area contributed by atoms with E-state index in [0.717, 1.165) is 12.5 Å². The normalized spacial score (nSPS) is 12.4. The van der Waals surface area contributed by atoms with Crippen LogP contribution in [0.4, 0.5) is 8.78 Å². The molecule has 0 aliphatic carbocycles. The third kappa shape index (κ3) is 4.04. The lowest BCUT2D eigenvalue weighted by atomic mass is 9.93. The second kappa shape index (κ2) is 6.85. The summed E-state index contributed by atoms with van der Waals surface area (Å²) < 4.78 is 26.5. The van der Waals surface area contributed by atoms with E-state index in [1.165, 1.54) is 23.3 Å². The van der Waals surface area contributed by atoms with E-state index in [1.54, 1.807) is 0 Å². The molecule has 0 nitrogen and oxygen atoms in total. The van der Waals surface area contributed by atoms with E-state index in [1.807, 2.05) is 6.92 Å². The standard InChI is InChI=1S/C17H17ClF2/c1-12-2-4-13(5-3-12)8-14(11-18)9-15-6-7-16(19)10-17(15)20/h2-7,10,14H,8-9,11H2,1H3. The maximum absolute atomic E-state index is 13.7. The highest BCUT2D eigenvalue weighted by Gasteiger charge is 2.13. The van der Waals surface area contributed by atoms with E-state index < -0.39 is 11.6 Å². The Morgan fingerprint density at radius 2 is 1.70 bits per heavy atom. The van der Waals surface area contributed by atoms with Crippen molar-refractivity contribution in [2.45, 2.75) is 19.8 Å². The molecule has 1 unspecified atom stereocenters. The Kier molecular flexibility index (Phi) is 5.13. The average molecular weight is 295 g/mol. The third-order valence-corrected chi connectivity index (χ3v) is 3.82. The van der Waals surface area contributed by atoms with Gasteiger partial charge in [0.25, 0.3) is 0 Å². The van der Waals surface area contributed by atoms with Crippen LogP contribution in [0.1, 0.15) is 16.7 Å². The number of benzene rings is 2. The fraction of sp³-hybridized carbons (Fsp3) is 0.294. The first-order valence-electron chi connectivity index (χ1n) is 6.64. The van der Waals surface area contributed by atoms with E-state index in [2.05, 4.69) is 24.3 Å². The zero-order chi connectivity index (χ0) is 14.5. The third-order valence-electron chi connectivity index (χ3n) is 3.39. The summed E-state index contributed by atoms with van der Waals surface area (Å²) in [6.45, 7) is 2.04. The molecular formula is C17H17ClF2. The summed E-state index contributed by atoms with van der Waals surface area (Å²) in [6, 6.07) is 11.9. The summed E-state index contributed by atoms with van der Waals surface area (Å²) in [7, 11) is 0. The second-order valence-corrected chi connectivity index (χ2v) is 5.46. The van der Waals surface area contributed by atoms with Crippen molar-refractivity contribution in [1.82, 2.24) is 0 Å². The highest BCUT2D eigenvalue weighted by Crippen LogP contribution is 2.19. The summed E-state index contributed by atoms with van der Waals surface area (Å²) >= 11 is 5.99. The zero-order valence-electron chi connectivity index (χ0n) is 11.4. The van der Waals surface area contributed by atoms with E-state index in [-0.39, 0.29) is 5.92 Å². The van der Waals surface area contributed by atoms with Gasteiger partial charge in [-0.3, -0.25) is 0 Å². The largest absolute Gasteiger partial charge is 0.207 e. The van der Waals surface area contributed by atoms with Crippen LogP contribution in [-0.4, -0.2) is 5.88 Å². The Hall–Kier alpha value is -1.41. The molecule has 0 saturated carbocycles. The molecule has 0 saturated heterocycles. The SMILES string of the molecule is Cc1ccc(CC(CCl)Cc2ccc(F)cc2F)cc1. The van der Waals surface area contributed by atoms with Crippen LogP contribution < -0.4 is 0 Å². The molecule has 106 valence electrons. The molecule has 0 aliphatic rings. The molecule has 0 bridgehead atoms. The summed E-state index contributed by atoms with van der Waals surface area (Å²) in [5.41, 5.74) is 2.91. The molecule has 0 fully saturated rings. The predicted molar refractivity (Wildman–Crippen MR) is 79.2 cm³/mol. The smallest absolute Gasteiger partial charge is 0.129 e. The van der Waals surface area contributed by atoms with Gasteiger partial charge in [-0.15, -0.1) is 11.6 Å². The maximum atomic E-state index is 13.7. The van der Waals surface area contributed by atoms with Gasteiger partial charge in [0.15, 0.2) is 0 Å². The van der Waals surface area contributed by atoms with Gasteiger partial charge in [0.05, 0.1) is 0 Å².